The van der Waals surface area contributed by atoms with E-state index < -0.39 is 16.7 Å². The number of aliphatic hydroxyl groups is 1. The number of rotatable bonds is 14. The molecule has 5 rings (SSSR count). The molecule has 4 aromatic carbocycles. The van der Waals surface area contributed by atoms with Gasteiger partial charge in [-0.05, 0) is 96.5 Å². The zero-order valence-electron chi connectivity index (χ0n) is 25.0. The van der Waals surface area contributed by atoms with Gasteiger partial charge in [0.05, 0.1) is 6.54 Å². The summed E-state index contributed by atoms with van der Waals surface area (Å²) in [6.45, 7) is 1.86. The lowest BCUT2D eigenvalue weighted by molar-refractivity contribution is -0.118. The Balaban J connectivity index is 1.05. The van der Waals surface area contributed by atoms with E-state index in [1.54, 1.807) is 17.0 Å². The summed E-state index contributed by atoms with van der Waals surface area (Å²) >= 11 is 0.912. The molecule has 1 fully saturated rings. The highest BCUT2D eigenvalue weighted by Crippen LogP contribution is 2.28. The number of thioether (sulfide) groups is 1. The number of imide groups is 1. The summed E-state index contributed by atoms with van der Waals surface area (Å²) in [5.74, 6) is 6.68. The lowest BCUT2D eigenvalue weighted by Crippen LogP contribution is -2.39. The predicted octanol–water partition coefficient (Wildman–Crippen LogP) is 5.14. The quantitative estimate of drug-likeness (QED) is 0.129. The smallest absolute Gasteiger partial charge is 0.288 e. The van der Waals surface area contributed by atoms with Gasteiger partial charge in [0.1, 0.15) is 36.6 Å². The fraction of sp³-hybridized carbons (Fsp3) is 0.222. The lowest BCUT2D eigenvalue weighted by atomic mass is 10.1. The molecule has 0 saturated carbocycles. The largest absolute Gasteiger partial charge is 0.491 e. The Morgan fingerprint density at radius 2 is 1.59 bits per heavy atom. The van der Waals surface area contributed by atoms with Gasteiger partial charge in [0.25, 0.3) is 11.1 Å². The Morgan fingerprint density at radius 3 is 2.26 bits per heavy atom. The highest BCUT2D eigenvalue weighted by molar-refractivity contribution is 8.15. The van der Waals surface area contributed by atoms with E-state index in [0.717, 1.165) is 40.7 Å². The first kappa shape index (κ1) is 32.6. The molecule has 1 aliphatic heterocycles. The van der Waals surface area contributed by atoms with Crippen molar-refractivity contribution in [2.24, 2.45) is 0 Å². The van der Waals surface area contributed by atoms with Crippen molar-refractivity contribution in [1.29, 1.82) is 0 Å². The number of carbonyl (C=O) groups excluding carboxylic acids is 2. The summed E-state index contributed by atoms with van der Waals surface area (Å²) in [5.41, 5.74) is 3.56. The molecule has 0 aromatic heterocycles. The topological polar surface area (TPSA) is 100 Å². The minimum absolute atomic E-state index is 0.154. The van der Waals surface area contributed by atoms with Crippen LogP contribution in [0.4, 0.5) is 14.9 Å². The molecule has 2 amide bonds. The number of aliphatic hydroxyl groups excluding tert-OH is 1. The van der Waals surface area contributed by atoms with Crippen molar-refractivity contribution in [3.05, 3.63) is 126 Å². The summed E-state index contributed by atoms with van der Waals surface area (Å²) in [7, 11) is 0. The van der Waals surface area contributed by atoms with E-state index >= 15 is 0 Å². The van der Waals surface area contributed by atoms with Crippen LogP contribution in [0.1, 0.15) is 16.7 Å². The Kier molecular flexibility index (Phi) is 11.7. The molecule has 1 aliphatic rings. The van der Waals surface area contributed by atoms with Crippen LogP contribution in [0.5, 0.6) is 11.5 Å². The molecule has 1 heterocycles. The van der Waals surface area contributed by atoms with Gasteiger partial charge in [-0.3, -0.25) is 14.9 Å². The second kappa shape index (κ2) is 16.5. The van der Waals surface area contributed by atoms with Crippen LogP contribution in [-0.2, 0) is 17.8 Å². The Labute approximate surface area is 271 Å². The van der Waals surface area contributed by atoms with E-state index in [2.05, 4.69) is 22.5 Å². The number of hydrogen-bond donors (Lipinski definition) is 3. The molecule has 4 aromatic rings. The minimum Gasteiger partial charge on any atom is -0.491 e. The number of carbonyl (C=O) groups is 2. The SMILES string of the molecule is O=C1NC(=O)C(N(CC#Cc2ccc(F)cc2)c2ccc(CCNCC(O)COc3ccc(OCc4ccccc4)cc3)cc2)S1. The summed E-state index contributed by atoms with van der Waals surface area (Å²) in [6, 6.07) is 30.8. The van der Waals surface area contributed by atoms with E-state index in [0.29, 0.717) is 31.0 Å². The van der Waals surface area contributed by atoms with Gasteiger partial charge in [-0.1, -0.05) is 54.3 Å². The maximum absolute atomic E-state index is 13.2. The molecule has 0 aliphatic carbocycles. The number of anilines is 1. The van der Waals surface area contributed by atoms with Crippen molar-refractivity contribution >= 4 is 28.6 Å². The molecule has 2 atom stereocenters. The van der Waals surface area contributed by atoms with Crippen molar-refractivity contribution in [3.63, 3.8) is 0 Å². The standard InChI is InChI=1S/C36H34FN3O5S/c37-29-12-8-26(9-13-29)7-4-22-40(35-34(42)39-36(43)46-35)30-14-10-27(11-15-30)20-21-38-23-31(41)25-45-33-18-16-32(17-19-33)44-24-28-5-2-1-3-6-28/h1-3,5-6,8-19,31,35,38,41H,20-25H2,(H,39,42,43). The van der Waals surface area contributed by atoms with Crippen molar-refractivity contribution < 1.29 is 28.6 Å². The first-order chi connectivity index (χ1) is 22.4. The maximum atomic E-state index is 13.2. The van der Waals surface area contributed by atoms with Crippen LogP contribution in [-0.4, -0.2) is 54.0 Å². The van der Waals surface area contributed by atoms with Crippen LogP contribution in [0, 0.1) is 17.7 Å². The van der Waals surface area contributed by atoms with Crippen molar-refractivity contribution in [2.75, 3.05) is 31.1 Å². The van der Waals surface area contributed by atoms with E-state index in [1.165, 1.54) is 12.1 Å². The third-order valence-corrected chi connectivity index (χ3v) is 8.04. The van der Waals surface area contributed by atoms with Crippen LogP contribution in [0.3, 0.4) is 0 Å². The molecule has 0 radical (unpaired) electrons. The fourth-order valence-electron chi connectivity index (χ4n) is 4.60. The van der Waals surface area contributed by atoms with E-state index in [9.17, 15) is 19.1 Å². The summed E-state index contributed by atoms with van der Waals surface area (Å²) in [6.07, 6.45) is 0.0403. The predicted molar refractivity (Wildman–Crippen MR) is 177 cm³/mol. The van der Waals surface area contributed by atoms with E-state index in [4.69, 9.17) is 9.47 Å². The van der Waals surface area contributed by atoms with E-state index in [1.807, 2.05) is 78.9 Å². The minimum atomic E-state index is -0.739. The molecule has 8 nitrogen and oxygen atoms in total. The second-order valence-electron chi connectivity index (χ2n) is 10.5. The van der Waals surface area contributed by atoms with Gasteiger partial charge in [0, 0.05) is 17.8 Å². The second-order valence-corrected chi connectivity index (χ2v) is 11.6. The molecular formula is C36H34FN3O5S. The van der Waals surface area contributed by atoms with Crippen LogP contribution in [0.2, 0.25) is 0 Å². The molecular weight excluding hydrogens is 605 g/mol. The summed E-state index contributed by atoms with van der Waals surface area (Å²) < 4.78 is 24.7. The third kappa shape index (κ3) is 9.84. The number of hydrogen-bond acceptors (Lipinski definition) is 8. The Bertz CT molecular complexity index is 1640. The number of amides is 2. The van der Waals surface area contributed by atoms with Crippen LogP contribution in [0.25, 0.3) is 0 Å². The maximum Gasteiger partial charge on any atom is 0.288 e. The van der Waals surface area contributed by atoms with Gasteiger partial charge >= 0.3 is 0 Å². The van der Waals surface area contributed by atoms with Crippen LogP contribution < -0.4 is 25.0 Å². The first-order valence-corrected chi connectivity index (χ1v) is 15.7. The summed E-state index contributed by atoms with van der Waals surface area (Å²) in [4.78, 5) is 26.1. The zero-order chi connectivity index (χ0) is 32.1. The van der Waals surface area contributed by atoms with Gasteiger partial charge in [-0.15, -0.1) is 0 Å². The van der Waals surface area contributed by atoms with Gasteiger partial charge in [0.2, 0.25) is 0 Å². The first-order valence-electron chi connectivity index (χ1n) is 14.8. The zero-order valence-corrected chi connectivity index (χ0v) is 25.8. The molecule has 46 heavy (non-hydrogen) atoms. The number of nitrogens with zero attached hydrogens (tertiary/aromatic N) is 1. The normalized spacial score (nSPS) is 14.6. The Morgan fingerprint density at radius 1 is 0.891 bits per heavy atom. The van der Waals surface area contributed by atoms with Crippen molar-refractivity contribution in [2.45, 2.75) is 24.5 Å². The molecule has 3 N–H and O–H groups in total. The molecule has 236 valence electrons. The number of halogens is 1. The fourth-order valence-corrected chi connectivity index (χ4v) is 5.45. The molecule has 0 spiro atoms. The molecule has 10 heteroatoms. The number of ether oxygens (including phenoxy) is 2. The average Bonchev–Trinajstić information content (AvgIpc) is 3.42. The highest BCUT2D eigenvalue weighted by Gasteiger charge is 2.36. The lowest BCUT2D eigenvalue weighted by Gasteiger charge is -2.26. The molecule has 2 unspecified atom stereocenters. The molecule has 1 saturated heterocycles. The van der Waals surface area contributed by atoms with Crippen molar-refractivity contribution in [3.8, 4) is 23.3 Å². The highest BCUT2D eigenvalue weighted by atomic mass is 32.2. The monoisotopic (exact) mass is 639 g/mol. The Hall–Kier alpha value is -4.82. The van der Waals surface area contributed by atoms with Gasteiger partial charge in [-0.25, -0.2) is 4.39 Å². The van der Waals surface area contributed by atoms with E-state index in [-0.39, 0.29) is 24.9 Å². The van der Waals surface area contributed by atoms with Gasteiger partial charge < -0.3 is 24.8 Å². The average molecular weight is 640 g/mol. The van der Waals surface area contributed by atoms with Gasteiger partial charge in [-0.2, -0.15) is 0 Å². The van der Waals surface area contributed by atoms with Crippen LogP contribution >= 0.6 is 11.8 Å². The van der Waals surface area contributed by atoms with Crippen molar-refractivity contribution in [1.82, 2.24) is 10.6 Å². The van der Waals surface area contributed by atoms with Crippen LogP contribution in [0.15, 0.2) is 103 Å². The van der Waals surface area contributed by atoms with Gasteiger partial charge in [0.15, 0.2) is 5.37 Å². The number of benzene rings is 4. The summed E-state index contributed by atoms with van der Waals surface area (Å²) in [5, 5.41) is 14.8. The molecule has 0 bridgehead atoms. The number of nitrogens with one attached hydrogen (secondary N) is 2. The third-order valence-electron chi connectivity index (χ3n) is 7.03.